The lowest BCUT2D eigenvalue weighted by atomic mass is 10.0. The van der Waals surface area contributed by atoms with E-state index in [1.807, 2.05) is 6.08 Å². The van der Waals surface area contributed by atoms with Gasteiger partial charge < -0.3 is 20.3 Å². The molecule has 0 saturated carbocycles. The maximum atomic E-state index is 12.5. The monoisotopic (exact) mass is 1280 g/mol. The van der Waals surface area contributed by atoms with E-state index in [2.05, 4.69) is 19.2 Å². The Balaban J connectivity index is 3.28. The average Bonchev–Trinajstić information content (AvgIpc) is 3.56. The molecular formula is C85H167NO5. The van der Waals surface area contributed by atoms with E-state index < -0.39 is 12.1 Å². The van der Waals surface area contributed by atoms with Crippen molar-refractivity contribution >= 4 is 11.9 Å². The third-order valence-corrected chi connectivity index (χ3v) is 20.3. The van der Waals surface area contributed by atoms with E-state index in [-0.39, 0.29) is 18.5 Å². The van der Waals surface area contributed by atoms with Crippen molar-refractivity contribution in [1.29, 1.82) is 0 Å². The number of ether oxygens (including phenoxy) is 1. The van der Waals surface area contributed by atoms with Crippen LogP contribution in [0.25, 0.3) is 0 Å². The molecule has 3 N–H and O–H groups in total. The summed E-state index contributed by atoms with van der Waals surface area (Å²) in [5.41, 5.74) is 0. The normalized spacial score (nSPS) is 12.4. The van der Waals surface area contributed by atoms with Crippen LogP contribution in [0, 0.1) is 0 Å². The predicted octanol–water partition coefficient (Wildman–Crippen LogP) is 28.2. The summed E-state index contributed by atoms with van der Waals surface area (Å²) in [6, 6.07) is -0.623. The molecule has 0 aromatic heterocycles. The number of allylic oxidation sites excluding steroid dienone is 1. The van der Waals surface area contributed by atoms with E-state index in [4.69, 9.17) is 4.74 Å². The van der Waals surface area contributed by atoms with Crippen LogP contribution >= 0.6 is 0 Å². The van der Waals surface area contributed by atoms with E-state index in [1.165, 1.54) is 430 Å². The topological polar surface area (TPSA) is 95.9 Å². The second kappa shape index (κ2) is 81.0. The number of aliphatic hydroxyl groups is 2. The molecule has 542 valence electrons. The third-order valence-electron chi connectivity index (χ3n) is 20.3. The van der Waals surface area contributed by atoms with Crippen LogP contribution in [-0.4, -0.2) is 47.4 Å². The summed E-state index contributed by atoms with van der Waals surface area (Å²) in [4.78, 5) is 24.7. The first kappa shape index (κ1) is 89.6. The number of esters is 1. The number of rotatable bonds is 81. The lowest BCUT2D eigenvalue weighted by Gasteiger charge is -2.20. The molecule has 0 aliphatic heterocycles. The zero-order valence-electron chi connectivity index (χ0n) is 62.4. The van der Waals surface area contributed by atoms with Crippen molar-refractivity contribution < 1.29 is 24.5 Å². The highest BCUT2D eigenvalue weighted by molar-refractivity contribution is 5.76. The first-order valence-corrected chi connectivity index (χ1v) is 42.5. The van der Waals surface area contributed by atoms with E-state index in [1.54, 1.807) is 6.08 Å². The Morgan fingerprint density at radius 3 is 0.747 bits per heavy atom. The van der Waals surface area contributed by atoms with Crippen LogP contribution < -0.4 is 5.32 Å². The second-order valence-electron chi connectivity index (χ2n) is 29.5. The molecule has 1 amide bonds. The van der Waals surface area contributed by atoms with E-state index in [0.717, 1.165) is 38.5 Å². The SMILES string of the molecule is CCCCCCCCCCCCCCCC/C=C/C(O)C(CO)NC(=O)CCCCCCCCCCCCCCCCCCCCCCCCCCCCCCCCCCCCCCCCCOC(=O)CCCCCCCCCCCCCCCCCCCCC. The molecule has 6 heteroatoms. The van der Waals surface area contributed by atoms with Crippen molar-refractivity contribution in [3.63, 3.8) is 0 Å². The molecule has 0 spiro atoms. The first-order chi connectivity index (χ1) is 45.0. The van der Waals surface area contributed by atoms with Crippen LogP contribution in [0.15, 0.2) is 12.2 Å². The smallest absolute Gasteiger partial charge is 0.305 e. The zero-order chi connectivity index (χ0) is 65.6. The zero-order valence-corrected chi connectivity index (χ0v) is 62.4. The number of unbranched alkanes of at least 4 members (excludes halogenated alkanes) is 70. The van der Waals surface area contributed by atoms with Crippen LogP contribution in [-0.2, 0) is 14.3 Å². The molecule has 6 nitrogen and oxygen atoms in total. The van der Waals surface area contributed by atoms with Gasteiger partial charge in [-0.25, -0.2) is 0 Å². The van der Waals surface area contributed by atoms with Crippen molar-refractivity contribution in [1.82, 2.24) is 5.32 Å². The van der Waals surface area contributed by atoms with E-state index in [9.17, 15) is 19.8 Å². The van der Waals surface area contributed by atoms with Gasteiger partial charge >= 0.3 is 5.97 Å². The van der Waals surface area contributed by atoms with Crippen LogP contribution in [0.5, 0.6) is 0 Å². The Bertz CT molecular complexity index is 1380. The lowest BCUT2D eigenvalue weighted by Crippen LogP contribution is -2.45. The number of hydrogen-bond acceptors (Lipinski definition) is 5. The van der Waals surface area contributed by atoms with Crippen LogP contribution in [0.2, 0.25) is 0 Å². The second-order valence-corrected chi connectivity index (χ2v) is 29.5. The highest BCUT2D eigenvalue weighted by Crippen LogP contribution is 2.21. The number of carbonyl (C=O) groups excluding carboxylic acids is 2. The summed E-state index contributed by atoms with van der Waals surface area (Å²) < 4.78 is 5.53. The van der Waals surface area contributed by atoms with Crippen LogP contribution in [0.1, 0.15) is 495 Å². The van der Waals surface area contributed by atoms with Gasteiger partial charge in [-0.1, -0.05) is 463 Å². The van der Waals surface area contributed by atoms with Gasteiger partial charge in [0.05, 0.1) is 25.4 Å². The summed E-state index contributed by atoms with van der Waals surface area (Å²) in [5, 5.41) is 23.2. The summed E-state index contributed by atoms with van der Waals surface area (Å²) in [6.45, 7) is 4.97. The molecule has 91 heavy (non-hydrogen) atoms. The van der Waals surface area contributed by atoms with Gasteiger partial charge in [0.25, 0.3) is 0 Å². The van der Waals surface area contributed by atoms with Gasteiger partial charge in [0, 0.05) is 12.8 Å². The Morgan fingerprint density at radius 1 is 0.297 bits per heavy atom. The van der Waals surface area contributed by atoms with Gasteiger partial charge in [-0.05, 0) is 32.1 Å². The molecule has 0 aromatic rings. The summed E-state index contributed by atoms with van der Waals surface area (Å²) in [7, 11) is 0. The molecule has 0 aliphatic carbocycles. The Hall–Kier alpha value is -1.40. The largest absolute Gasteiger partial charge is 0.466 e. The minimum absolute atomic E-state index is 0.0300. The van der Waals surface area contributed by atoms with Gasteiger partial charge in [-0.15, -0.1) is 0 Å². The third kappa shape index (κ3) is 77.5. The van der Waals surface area contributed by atoms with Gasteiger partial charge in [-0.2, -0.15) is 0 Å². The fourth-order valence-corrected chi connectivity index (χ4v) is 13.9. The standard InChI is InChI=1S/C85H167NO5/c1-3-5-7-9-11-13-15-17-19-21-43-47-51-55-59-63-67-71-75-79-85(90)91-80-76-72-68-64-60-56-52-48-45-42-40-38-36-34-32-30-28-26-24-22-23-25-27-29-31-33-35-37-39-41-44-46-50-54-58-62-66-70-74-78-84(89)86-82(81-87)83(88)77-73-69-65-61-57-53-49-20-18-16-14-12-10-8-6-4-2/h73,77,82-83,87-88H,3-72,74-76,78-81H2,1-2H3,(H,86,89)/b77-73+. The molecule has 0 bridgehead atoms. The van der Waals surface area contributed by atoms with Crippen molar-refractivity contribution in [3.05, 3.63) is 12.2 Å². The minimum atomic E-state index is -0.840. The molecule has 2 unspecified atom stereocenters. The Morgan fingerprint density at radius 2 is 0.505 bits per heavy atom. The van der Waals surface area contributed by atoms with Gasteiger partial charge in [-0.3, -0.25) is 9.59 Å². The minimum Gasteiger partial charge on any atom is -0.466 e. The predicted molar refractivity (Wildman–Crippen MR) is 403 cm³/mol. The van der Waals surface area contributed by atoms with E-state index >= 15 is 0 Å². The summed E-state index contributed by atoms with van der Waals surface area (Å²) in [6.07, 6.45) is 104. The van der Waals surface area contributed by atoms with Crippen molar-refractivity contribution in [3.8, 4) is 0 Å². The van der Waals surface area contributed by atoms with Crippen LogP contribution in [0.4, 0.5) is 0 Å². The summed E-state index contributed by atoms with van der Waals surface area (Å²) >= 11 is 0. The van der Waals surface area contributed by atoms with Crippen molar-refractivity contribution in [2.45, 2.75) is 508 Å². The van der Waals surface area contributed by atoms with Gasteiger partial charge in [0.2, 0.25) is 5.91 Å². The Kier molecular flexibility index (Phi) is 79.8. The molecule has 0 heterocycles. The maximum Gasteiger partial charge on any atom is 0.305 e. The highest BCUT2D eigenvalue weighted by atomic mass is 16.5. The number of nitrogens with one attached hydrogen (secondary N) is 1. The highest BCUT2D eigenvalue weighted by Gasteiger charge is 2.18. The molecule has 0 rings (SSSR count). The number of carbonyl (C=O) groups is 2. The van der Waals surface area contributed by atoms with Gasteiger partial charge in [0.15, 0.2) is 0 Å². The first-order valence-electron chi connectivity index (χ1n) is 42.5. The molecule has 0 aliphatic rings. The van der Waals surface area contributed by atoms with Crippen LogP contribution in [0.3, 0.4) is 0 Å². The molecule has 0 saturated heterocycles. The Labute approximate surface area is 571 Å². The molecular weight excluding hydrogens is 1110 g/mol. The molecule has 0 fully saturated rings. The fraction of sp³-hybridized carbons (Fsp3) is 0.953. The number of amides is 1. The quantitative estimate of drug-likeness (QED) is 0.0320. The maximum absolute atomic E-state index is 12.5. The van der Waals surface area contributed by atoms with E-state index in [0.29, 0.717) is 19.4 Å². The molecule has 0 aromatic carbocycles. The van der Waals surface area contributed by atoms with Crippen molar-refractivity contribution in [2.75, 3.05) is 13.2 Å². The summed E-state index contributed by atoms with van der Waals surface area (Å²) in [5.74, 6) is -0.0278. The lowest BCUT2D eigenvalue weighted by molar-refractivity contribution is -0.143. The molecule has 2 atom stereocenters. The van der Waals surface area contributed by atoms with Crippen molar-refractivity contribution in [2.24, 2.45) is 0 Å². The number of aliphatic hydroxyl groups excluding tert-OH is 2. The average molecular weight is 1280 g/mol. The number of hydrogen-bond donors (Lipinski definition) is 3. The fourth-order valence-electron chi connectivity index (χ4n) is 13.9. The molecule has 0 radical (unpaired) electrons. The van der Waals surface area contributed by atoms with Gasteiger partial charge in [0.1, 0.15) is 0 Å².